The number of nitrogens with one attached hydrogen (secondary N) is 1. The molecule has 0 fully saturated rings. The maximum absolute atomic E-state index is 12.3. The molecular formula is C22H30N2O2. The number of hydrogen-bond donors (Lipinski definition) is 1. The Morgan fingerprint density at radius 3 is 2.23 bits per heavy atom. The minimum atomic E-state index is 0.0473. The lowest BCUT2D eigenvalue weighted by atomic mass is 10.1. The first-order valence-corrected chi connectivity index (χ1v) is 9.18. The molecule has 1 N–H and O–H groups in total. The van der Waals surface area contributed by atoms with Crippen LogP contribution >= 0.6 is 0 Å². The molecule has 0 aromatic heterocycles. The molecule has 4 nitrogen and oxygen atoms in total. The summed E-state index contributed by atoms with van der Waals surface area (Å²) < 4.78 is 5.15. The van der Waals surface area contributed by atoms with Crippen molar-refractivity contribution < 1.29 is 9.53 Å². The van der Waals surface area contributed by atoms with Crippen LogP contribution in [0.1, 0.15) is 31.9 Å². The van der Waals surface area contributed by atoms with Gasteiger partial charge in [0.15, 0.2) is 0 Å². The van der Waals surface area contributed by atoms with E-state index in [1.807, 2.05) is 30.3 Å². The highest BCUT2D eigenvalue weighted by Crippen LogP contribution is 2.12. The number of ether oxygens (including phenoxy) is 1. The summed E-state index contributed by atoms with van der Waals surface area (Å²) in [6.07, 6.45) is 0.384. The van der Waals surface area contributed by atoms with Crippen molar-refractivity contribution in [3.05, 3.63) is 65.7 Å². The molecule has 0 saturated heterocycles. The molecule has 1 atom stereocenters. The molecule has 26 heavy (non-hydrogen) atoms. The van der Waals surface area contributed by atoms with Gasteiger partial charge in [0.2, 0.25) is 5.91 Å². The number of benzene rings is 2. The fourth-order valence-electron chi connectivity index (χ4n) is 2.93. The van der Waals surface area contributed by atoms with Gasteiger partial charge in [-0.1, -0.05) is 42.5 Å². The zero-order chi connectivity index (χ0) is 18.9. The molecule has 1 amide bonds. The van der Waals surface area contributed by atoms with Gasteiger partial charge in [0.05, 0.1) is 13.5 Å². The number of carbonyl (C=O) groups is 1. The summed E-state index contributed by atoms with van der Waals surface area (Å²) >= 11 is 0. The molecule has 0 aliphatic heterocycles. The Morgan fingerprint density at radius 1 is 1.00 bits per heavy atom. The molecule has 0 heterocycles. The van der Waals surface area contributed by atoms with Gasteiger partial charge in [-0.05, 0) is 44.0 Å². The zero-order valence-electron chi connectivity index (χ0n) is 16.2. The third kappa shape index (κ3) is 6.52. The Kier molecular flexibility index (Phi) is 7.67. The second kappa shape index (κ2) is 9.97. The average molecular weight is 354 g/mol. The molecule has 2 aromatic rings. The number of amides is 1. The van der Waals surface area contributed by atoms with Crippen LogP contribution in [0.4, 0.5) is 0 Å². The van der Waals surface area contributed by atoms with Gasteiger partial charge in [-0.2, -0.15) is 0 Å². The summed E-state index contributed by atoms with van der Waals surface area (Å²) in [5.74, 6) is 0.849. The van der Waals surface area contributed by atoms with E-state index in [1.165, 1.54) is 5.56 Å². The first-order valence-electron chi connectivity index (χ1n) is 9.18. The van der Waals surface area contributed by atoms with Crippen LogP contribution in [-0.4, -0.2) is 36.5 Å². The number of nitrogens with zero attached hydrogens (tertiary/aromatic N) is 1. The molecule has 0 aliphatic carbocycles. The monoisotopic (exact) mass is 354 g/mol. The second-order valence-corrected chi connectivity index (χ2v) is 7.00. The van der Waals surface area contributed by atoms with Crippen molar-refractivity contribution in [1.82, 2.24) is 10.2 Å². The fraction of sp³-hybridized carbons (Fsp3) is 0.409. The zero-order valence-corrected chi connectivity index (χ0v) is 16.2. The van der Waals surface area contributed by atoms with Crippen molar-refractivity contribution >= 4 is 5.91 Å². The Bertz CT molecular complexity index is 668. The van der Waals surface area contributed by atoms with Crippen molar-refractivity contribution in [3.63, 3.8) is 0 Å². The van der Waals surface area contributed by atoms with Gasteiger partial charge in [-0.15, -0.1) is 0 Å². The van der Waals surface area contributed by atoms with Crippen molar-refractivity contribution in [2.24, 2.45) is 0 Å². The highest BCUT2D eigenvalue weighted by Gasteiger charge is 2.16. The van der Waals surface area contributed by atoms with Crippen molar-refractivity contribution in [3.8, 4) is 5.75 Å². The van der Waals surface area contributed by atoms with E-state index in [4.69, 9.17) is 4.74 Å². The lowest BCUT2D eigenvalue weighted by Gasteiger charge is -2.29. The summed E-state index contributed by atoms with van der Waals surface area (Å²) in [7, 11) is 1.64. The molecule has 0 radical (unpaired) electrons. The van der Waals surface area contributed by atoms with Crippen LogP contribution in [0.15, 0.2) is 54.6 Å². The van der Waals surface area contributed by atoms with Crippen LogP contribution in [-0.2, 0) is 17.8 Å². The summed E-state index contributed by atoms with van der Waals surface area (Å²) in [4.78, 5) is 14.7. The molecule has 0 saturated carbocycles. The van der Waals surface area contributed by atoms with Crippen LogP contribution < -0.4 is 10.1 Å². The summed E-state index contributed by atoms with van der Waals surface area (Å²) in [6, 6.07) is 18.6. The van der Waals surface area contributed by atoms with E-state index >= 15 is 0 Å². The van der Waals surface area contributed by atoms with Crippen LogP contribution in [0.25, 0.3) is 0 Å². The van der Waals surface area contributed by atoms with Gasteiger partial charge >= 0.3 is 0 Å². The minimum Gasteiger partial charge on any atom is -0.497 e. The second-order valence-electron chi connectivity index (χ2n) is 7.00. The molecule has 2 rings (SSSR count). The van der Waals surface area contributed by atoms with Gasteiger partial charge in [0.25, 0.3) is 0 Å². The predicted molar refractivity (Wildman–Crippen MR) is 106 cm³/mol. The molecule has 4 heteroatoms. The largest absolute Gasteiger partial charge is 0.497 e. The molecule has 0 aliphatic rings. The van der Waals surface area contributed by atoms with E-state index in [0.29, 0.717) is 12.5 Å². The van der Waals surface area contributed by atoms with Crippen molar-refractivity contribution in [2.75, 3.05) is 13.7 Å². The van der Waals surface area contributed by atoms with Crippen LogP contribution in [0, 0.1) is 0 Å². The quantitative estimate of drug-likeness (QED) is 0.747. The molecule has 1 unspecified atom stereocenters. The summed E-state index contributed by atoms with van der Waals surface area (Å²) in [6.45, 7) is 8.15. The third-order valence-corrected chi connectivity index (χ3v) is 4.40. The van der Waals surface area contributed by atoms with E-state index in [9.17, 15) is 4.79 Å². The Labute approximate surface area is 157 Å². The predicted octanol–water partition coefficient (Wildman–Crippen LogP) is 3.65. The number of methoxy groups -OCH3 is 1. The molecule has 0 spiro atoms. The standard InChI is InChI=1S/C22H30N2O2/c1-17(2)24(16-20-8-6-5-7-9-20)15-18(3)23-22(25)14-19-10-12-21(26-4)13-11-19/h5-13,17-18H,14-16H2,1-4H3,(H,23,25). The smallest absolute Gasteiger partial charge is 0.224 e. The topological polar surface area (TPSA) is 41.6 Å². The number of rotatable bonds is 9. The highest BCUT2D eigenvalue weighted by atomic mass is 16.5. The van der Waals surface area contributed by atoms with E-state index in [0.717, 1.165) is 24.4 Å². The van der Waals surface area contributed by atoms with Gasteiger partial charge in [-0.25, -0.2) is 0 Å². The summed E-state index contributed by atoms with van der Waals surface area (Å²) in [5.41, 5.74) is 2.28. The maximum atomic E-state index is 12.3. The van der Waals surface area contributed by atoms with Gasteiger partial charge in [0, 0.05) is 25.2 Å². The number of hydrogen-bond acceptors (Lipinski definition) is 3. The Balaban J connectivity index is 1.86. The van der Waals surface area contributed by atoms with Gasteiger partial charge in [0.1, 0.15) is 5.75 Å². The first-order chi connectivity index (χ1) is 12.5. The third-order valence-electron chi connectivity index (χ3n) is 4.40. The Hall–Kier alpha value is -2.33. The highest BCUT2D eigenvalue weighted by molar-refractivity contribution is 5.78. The molecular weight excluding hydrogens is 324 g/mol. The first kappa shape index (κ1) is 20.0. The van der Waals surface area contributed by atoms with Crippen molar-refractivity contribution in [1.29, 1.82) is 0 Å². The Morgan fingerprint density at radius 2 is 1.65 bits per heavy atom. The fourth-order valence-corrected chi connectivity index (χ4v) is 2.93. The van der Waals surface area contributed by atoms with Gasteiger partial charge < -0.3 is 10.1 Å². The average Bonchev–Trinajstić information content (AvgIpc) is 2.62. The van der Waals surface area contributed by atoms with Crippen LogP contribution in [0.2, 0.25) is 0 Å². The molecule has 0 bridgehead atoms. The maximum Gasteiger partial charge on any atom is 0.224 e. The van der Waals surface area contributed by atoms with E-state index in [2.05, 4.69) is 55.3 Å². The summed E-state index contributed by atoms with van der Waals surface area (Å²) in [5, 5.41) is 3.12. The van der Waals surface area contributed by atoms with Crippen LogP contribution in [0.3, 0.4) is 0 Å². The lowest BCUT2D eigenvalue weighted by molar-refractivity contribution is -0.121. The van der Waals surface area contributed by atoms with Crippen molar-refractivity contribution in [2.45, 2.75) is 45.8 Å². The SMILES string of the molecule is COc1ccc(CC(=O)NC(C)CN(Cc2ccccc2)C(C)C)cc1. The minimum absolute atomic E-state index is 0.0473. The molecule has 140 valence electrons. The number of carbonyl (C=O) groups excluding carboxylic acids is 1. The van der Waals surface area contributed by atoms with Crippen LogP contribution in [0.5, 0.6) is 5.75 Å². The molecule has 2 aromatic carbocycles. The van der Waals surface area contributed by atoms with E-state index < -0.39 is 0 Å². The van der Waals surface area contributed by atoms with Gasteiger partial charge in [-0.3, -0.25) is 9.69 Å². The van der Waals surface area contributed by atoms with E-state index in [1.54, 1.807) is 7.11 Å². The van der Waals surface area contributed by atoms with E-state index in [-0.39, 0.29) is 11.9 Å². The lowest BCUT2D eigenvalue weighted by Crippen LogP contribution is -2.44. The normalized spacial score (nSPS) is 12.2.